The Morgan fingerprint density at radius 2 is 2.15 bits per heavy atom. The molecule has 2 unspecified atom stereocenters. The zero-order valence-electron chi connectivity index (χ0n) is 7.25. The Labute approximate surface area is 76.2 Å². The maximum atomic E-state index is 11.2. The molecule has 0 saturated carbocycles. The summed E-state index contributed by atoms with van der Waals surface area (Å²) in [6.07, 6.45) is 1.78. The SMILES string of the molecule is C/C=C/C(O)P(=O)(O)CCC(=O)O. The van der Waals surface area contributed by atoms with Gasteiger partial charge < -0.3 is 15.1 Å². The van der Waals surface area contributed by atoms with E-state index in [2.05, 4.69) is 0 Å². The zero-order valence-corrected chi connectivity index (χ0v) is 8.15. The van der Waals surface area contributed by atoms with Gasteiger partial charge in [-0.05, 0) is 6.92 Å². The first-order valence-corrected chi connectivity index (χ1v) is 5.65. The van der Waals surface area contributed by atoms with Crippen molar-refractivity contribution in [2.24, 2.45) is 0 Å². The topological polar surface area (TPSA) is 94.8 Å². The van der Waals surface area contributed by atoms with Crippen LogP contribution in [-0.4, -0.2) is 33.1 Å². The Morgan fingerprint density at radius 1 is 1.62 bits per heavy atom. The summed E-state index contributed by atoms with van der Waals surface area (Å²) in [5.74, 6) is -2.61. The third kappa shape index (κ3) is 4.83. The molecule has 3 N–H and O–H groups in total. The van der Waals surface area contributed by atoms with Crippen molar-refractivity contribution in [1.82, 2.24) is 0 Å². The molecule has 0 heterocycles. The molecule has 13 heavy (non-hydrogen) atoms. The van der Waals surface area contributed by atoms with Gasteiger partial charge in [0, 0.05) is 6.16 Å². The van der Waals surface area contributed by atoms with Crippen molar-refractivity contribution in [3.05, 3.63) is 12.2 Å². The maximum absolute atomic E-state index is 11.2. The summed E-state index contributed by atoms with van der Waals surface area (Å²) in [4.78, 5) is 19.2. The Kier molecular flexibility index (Phi) is 4.91. The largest absolute Gasteiger partial charge is 0.481 e. The molecule has 76 valence electrons. The Hall–Kier alpha value is -0.640. The fraction of sp³-hybridized carbons (Fsp3) is 0.571. The summed E-state index contributed by atoms with van der Waals surface area (Å²) in [5.41, 5.74) is 0. The summed E-state index contributed by atoms with van der Waals surface area (Å²) < 4.78 is 11.2. The quantitative estimate of drug-likeness (QED) is 0.455. The van der Waals surface area contributed by atoms with E-state index in [1.165, 1.54) is 12.2 Å². The van der Waals surface area contributed by atoms with Crippen molar-refractivity contribution in [3.63, 3.8) is 0 Å². The molecule has 0 rings (SSSR count). The summed E-state index contributed by atoms with van der Waals surface area (Å²) in [5, 5.41) is 17.4. The number of rotatable bonds is 5. The number of aliphatic hydroxyl groups excluding tert-OH is 1. The maximum Gasteiger partial charge on any atom is 0.303 e. The van der Waals surface area contributed by atoms with Gasteiger partial charge in [-0.1, -0.05) is 12.2 Å². The molecule has 0 aromatic carbocycles. The van der Waals surface area contributed by atoms with Crippen LogP contribution in [0.4, 0.5) is 0 Å². The molecule has 0 aliphatic heterocycles. The van der Waals surface area contributed by atoms with Crippen molar-refractivity contribution in [2.45, 2.75) is 19.2 Å². The molecule has 0 aromatic rings. The van der Waals surface area contributed by atoms with Crippen LogP contribution in [0.3, 0.4) is 0 Å². The lowest BCUT2D eigenvalue weighted by Crippen LogP contribution is -2.09. The molecular formula is C7H13O5P. The molecule has 2 atom stereocenters. The van der Waals surface area contributed by atoms with Crippen LogP contribution in [0.1, 0.15) is 13.3 Å². The number of aliphatic carboxylic acids is 1. The van der Waals surface area contributed by atoms with Gasteiger partial charge in [-0.2, -0.15) is 0 Å². The van der Waals surface area contributed by atoms with Gasteiger partial charge in [0.2, 0.25) is 7.37 Å². The molecule has 0 aromatic heterocycles. The summed E-state index contributed by atoms with van der Waals surface area (Å²) in [7, 11) is -3.77. The van der Waals surface area contributed by atoms with Crippen LogP contribution < -0.4 is 0 Å². The van der Waals surface area contributed by atoms with Crippen LogP contribution in [0.15, 0.2) is 12.2 Å². The molecule has 0 bridgehead atoms. The number of hydrogen-bond donors (Lipinski definition) is 3. The third-order valence-corrected chi connectivity index (χ3v) is 3.29. The number of aliphatic hydroxyl groups is 1. The fourth-order valence-electron chi connectivity index (χ4n) is 0.695. The second-order valence-corrected chi connectivity index (χ2v) is 5.05. The summed E-state index contributed by atoms with van der Waals surface area (Å²) in [6.45, 7) is 1.60. The summed E-state index contributed by atoms with van der Waals surface area (Å²) in [6, 6.07) is 0. The van der Waals surface area contributed by atoms with Gasteiger partial charge in [0.05, 0.1) is 6.42 Å². The van der Waals surface area contributed by atoms with Gasteiger partial charge in [-0.25, -0.2) is 0 Å². The van der Waals surface area contributed by atoms with E-state index in [4.69, 9.17) is 15.1 Å². The molecule has 0 radical (unpaired) electrons. The minimum atomic E-state index is -3.77. The lowest BCUT2D eigenvalue weighted by atomic mass is 10.5. The Morgan fingerprint density at radius 3 is 2.54 bits per heavy atom. The van der Waals surface area contributed by atoms with Gasteiger partial charge in [0.25, 0.3) is 0 Å². The molecule has 0 fully saturated rings. The van der Waals surface area contributed by atoms with Crippen LogP contribution in [0.25, 0.3) is 0 Å². The average molecular weight is 208 g/mol. The van der Waals surface area contributed by atoms with E-state index in [0.29, 0.717) is 0 Å². The normalized spacial score (nSPS) is 18.4. The second kappa shape index (κ2) is 5.17. The van der Waals surface area contributed by atoms with E-state index in [1.807, 2.05) is 0 Å². The highest BCUT2D eigenvalue weighted by atomic mass is 31.2. The molecule has 0 aliphatic carbocycles. The fourth-order valence-corrected chi connectivity index (χ4v) is 1.91. The highest BCUT2D eigenvalue weighted by molar-refractivity contribution is 7.58. The number of carboxylic acids is 1. The zero-order chi connectivity index (χ0) is 10.5. The van der Waals surface area contributed by atoms with Crippen LogP contribution in [-0.2, 0) is 9.36 Å². The minimum absolute atomic E-state index is 0.409. The van der Waals surface area contributed by atoms with Crippen LogP contribution in [0.5, 0.6) is 0 Å². The van der Waals surface area contributed by atoms with E-state index >= 15 is 0 Å². The Bertz CT molecular complexity index is 247. The molecule has 5 nitrogen and oxygen atoms in total. The standard InChI is InChI=1S/C7H13O5P/c1-2-3-7(10)13(11,12)5-4-6(8)9/h2-3,7,10H,4-5H2,1H3,(H,8,9)(H,11,12)/b3-2+. The van der Waals surface area contributed by atoms with E-state index < -0.39 is 31.8 Å². The molecule has 0 saturated heterocycles. The Balaban J connectivity index is 4.22. The van der Waals surface area contributed by atoms with Gasteiger partial charge >= 0.3 is 5.97 Å². The predicted molar refractivity (Wildman–Crippen MR) is 47.8 cm³/mol. The van der Waals surface area contributed by atoms with Crippen LogP contribution in [0.2, 0.25) is 0 Å². The van der Waals surface area contributed by atoms with Gasteiger partial charge in [0.15, 0.2) is 0 Å². The first kappa shape index (κ1) is 12.4. The van der Waals surface area contributed by atoms with Gasteiger partial charge in [-0.3, -0.25) is 9.36 Å². The first-order valence-electron chi connectivity index (χ1n) is 3.74. The lowest BCUT2D eigenvalue weighted by molar-refractivity contribution is -0.136. The van der Waals surface area contributed by atoms with Crippen LogP contribution in [0, 0.1) is 0 Å². The smallest absolute Gasteiger partial charge is 0.303 e. The monoisotopic (exact) mass is 208 g/mol. The van der Waals surface area contributed by atoms with Gasteiger partial charge in [0.1, 0.15) is 5.85 Å². The van der Waals surface area contributed by atoms with Crippen LogP contribution >= 0.6 is 7.37 Å². The number of allylic oxidation sites excluding steroid dienone is 1. The lowest BCUT2D eigenvalue weighted by Gasteiger charge is -2.13. The van der Waals surface area contributed by atoms with E-state index in [1.54, 1.807) is 6.92 Å². The molecule has 0 spiro atoms. The first-order chi connectivity index (χ1) is 5.90. The number of hydrogen-bond acceptors (Lipinski definition) is 3. The van der Waals surface area contributed by atoms with Crippen molar-refractivity contribution >= 4 is 13.3 Å². The number of carboxylic acid groups (broad SMARTS) is 1. The second-order valence-electron chi connectivity index (χ2n) is 2.56. The summed E-state index contributed by atoms with van der Waals surface area (Å²) >= 11 is 0. The molecule has 6 heteroatoms. The van der Waals surface area contributed by atoms with Crippen molar-refractivity contribution in [3.8, 4) is 0 Å². The van der Waals surface area contributed by atoms with E-state index in [-0.39, 0.29) is 0 Å². The minimum Gasteiger partial charge on any atom is -0.481 e. The highest BCUT2D eigenvalue weighted by Crippen LogP contribution is 2.45. The third-order valence-electron chi connectivity index (χ3n) is 1.42. The predicted octanol–water partition coefficient (Wildman–Crippen LogP) is 0.626. The van der Waals surface area contributed by atoms with Crippen molar-refractivity contribution in [1.29, 1.82) is 0 Å². The number of carbonyl (C=O) groups is 1. The van der Waals surface area contributed by atoms with Crippen molar-refractivity contribution in [2.75, 3.05) is 6.16 Å². The highest BCUT2D eigenvalue weighted by Gasteiger charge is 2.27. The van der Waals surface area contributed by atoms with E-state index in [0.717, 1.165) is 0 Å². The van der Waals surface area contributed by atoms with Gasteiger partial charge in [-0.15, -0.1) is 0 Å². The van der Waals surface area contributed by atoms with E-state index in [9.17, 15) is 9.36 Å². The van der Waals surface area contributed by atoms with Crippen molar-refractivity contribution < 1.29 is 24.5 Å². The average Bonchev–Trinajstić information content (AvgIpc) is 2.01. The molecule has 0 amide bonds. The molecule has 0 aliphatic rings. The molecular weight excluding hydrogens is 195 g/mol.